The molecule has 0 saturated carbocycles. The summed E-state index contributed by atoms with van der Waals surface area (Å²) < 4.78 is 5.39. The summed E-state index contributed by atoms with van der Waals surface area (Å²) in [4.78, 5) is 30.0. The van der Waals surface area contributed by atoms with Crippen LogP contribution in [-0.4, -0.2) is 30.1 Å². The molecule has 0 fully saturated rings. The van der Waals surface area contributed by atoms with E-state index in [0.29, 0.717) is 33.1 Å². The molecule has 6 heterocycles. The molecule has 1 aliphatic rings. The molecule has 4 N–H and O–H groups in total. The lowest BCUT2D eigenvalue weighted by Gasteiger charge is -2.05. The van der Waals surface area contributed by atoms with Crippen molar-refractivity contribution in [1.29, 1.82) is 0 Å². The first-order valence-corrected chi connectivity index (χ1v) is 14.1. The lowest BCUT2D eigenvalue weighted by molar-refractivity contribution is 0.319. The van der Waals surface area contributed by atoms with Crippen LogP contribution in [0, 0.1) is 20.8 Å². The van der Waals surface area contributed by atoms with Gasteiger partial charge in [0.1, 0.15) is 5.39 Å². The molecule has 0 saturated heterocycles. The second-order valence-corrected chi connectivity index (χ2v) is 11.0. The number of nitrogens with one attached hydrogen (secondary N) is 2. The second-order valence-electron chi connectivity index (χ2n) is 11.0. The van der Waals surface area contributed by atoms with Crippen LogP contribution in [0.4, 0.5) is 0 Å². The highest BCUT2D eigenvalue weighted by Crippen LogP contribution is 2.40. The third-order valence-electron chi connectivity index (χ3n) is 8.50. The molecule has 1 aliphatic heterocycles. The van der Waals surface area contributed by atoms with Crippen LogP contribution in [0.2, 0.25) is 0 Å². The first kappa shape index (κ1) is 26.6. The van der Waals surface area contributed by atoms with E-state index in [0.717, 1.165) is 80.1 Å². The van der Waals surface area contributed by atoms with Crippen molar-refractivity contribution in [3.05, 3.63) is 67.5 Å². The zero-order valence-corrected chi connectivity index (χ0v) is 24.5. The maximum atomic E-state index is 13.0. The minimum Gasteiger partial charge on any atom is -0.512 e. The van der Waals surface area contributed by atoms with Crippen molar-refractivity contribution in [2.24, 2.45) is 0 Å². The number of H-pyrrole nitrogens is 2. The molecule has 210 valence electrons. The number of aromatic hydroxyl groups is 1. The van der Waals surface area contributed by atoms with E-state index in [1.165, 1.54) is 0 Å². The number of aromatic amines is 2. The molecule has 0 amide bonds. The number of aliphatic hydroxyl groups is 1. The molecular formula is C33H34N4O4. The molecule has 0 aliphatic carbocycles. The molecule has 5 aromatic rings. The first-order chi connectivity index (χ1) is 19.5. The van der Waals surface area contributed by atoms with Gasteiger partial charge in [0.25, 0.3) is 5.95 Å². The smallest absolute Gasteiger partial charge is 0.348 e. The van der Waals surface area contributed by atoms with Gasteiger partial charge in [-0.25, -0.2) is 14.8 Å². The van der Waals surface area contributed by atoms with Crippen molar-refractivity contribution in [1.82, 2.24) is 19.9 Å². The van der Waals surface area contributed by atoms with E-state index in [-0.39, 0.29) is 5.76 Å². The summed E-state index contributed by atoms with van der Waals surface area (Å²) in [7, 11) is 0. The highest BCUT2D eigenvalue weighted by molar-refractivity contribution is 6.09. The van der Waals surface area contributed by atoms with Crippen LogP contribution in [0.1, 0.15) is 74.2 Å². The van der Waals surface area contributed by atoms with E-state index in [4.69, 9.17) is 14.4 Å². The number of nitrogens with zero attached hydrogens (tertiary/aromatic N) is 2. The van der Waals surface area contributed by atoms with Gasteiger partial charge < -0.3 is 24.6 Å². The topological polar surface area (TPSA) is 128 Å². The lowest BCUT2D eigenvalue weighted by atomic mass is 9.99. The fraction of sp³-hybridized carbons (Fsp3) is 0.303. The summed E-state index contributed by atoms with van der Waals surface area (Å²) in [5.74, 6) is -0.258. The van der Waals surface area contributed by atoms with E-state index in [2.05, 4.69) is 30.7 Å². The molecule has 0 atom stereocenters. The Hall–Kier alpha value is -4.59. The minimum atomic E-state index is -0.624. The van der Waals surface area contributed by atoms with Gasteiger partial charge in [-0.3, -0.25) is 0 Å². The number of allylic oxidation sites excluding steroid dienone is 2. The maximum absolute atomic E-state index is 13.0. The molecule has 41 heavy (non-hydrogen) atoms. The predicted octanol–water partition coefficient (Wildman–Crippen LogP) is 7.03. The van der Waals surface area contributed by atoms with Crippen molar-refractivity contribution in [3.8, 4) is 5.95 Å². The van der Waals surface area contributed by atoms with Gasteiger partial charge in [-0.1, -0.05) is 20.3 Å². The Kier molecular flexibility index (Phi) is 6.17. The number of rotatable bonds is 3. The Morgan fingerprint density at radius 1 is 0.902 bits per heavy atom. The minimum absolute atomic E-state index is 0.226. The van der Waals surface area contributed by atoms with Gasteiger partial charge >= 0.3 is 5.63 Å². The molecule has 5 aromatic heterocycles. The third-order valence-corrected chi connectivity index (χ3v) is 8.50. The number of aromatic nitrogens is 4. The van der Waals surface area contributed by atoms with Crippen LogP contribution >= 0.6 is 0 Å². The molecular weight excluding hydrogens is 516 g/mol. The van der Waals surface area contributed by atoms with E-state index < -0.39 is 11.6 Å². The highest BCUT2D eigenvalue weighted by Gasteiger charge is 2.25. The summed E-state index contributed by atoms with van der Waals surface area (Å²) in [6, 6.07) is 5.96. The third kappa shape index (κ3) is 3.92. The average molecular weight is 551 g/mol. The van der Waals surface area contributed by atoms with E-state index >= 15 is 0 Å². The van der Waals surface area contributed by atoms with Gasteiger partial charge in [-0.2, -0.15) is 0 Å². The summed E-state index contributed by atoms with van der Waals surface area (Å²) in [5, 5.41) is 23.2. The SMILES string of the molecule is CCCC1=C(C)c2cc3[nH]c(cc4[nH]c(cc5nc6c(c1n2)c(O)oc(=O)c6c5C)c(CC)c4C)c(=C(C)O)c3C. The Morgan fingerprint density at radius 2 is 1.61 bits per heavy atom. The Labute approximate surface area is 236 Å². The number of hydrogen-bond acceptors (Lipinski definition) is 6. The standard InChI is InChI=1S/C33H34N4O4/c1-8-10-20-15(4)22-11-23-16(5)27(18(7)38)26(35-23)13-21-14(3)19(9-2)25(34-21)12-24-17(6)28-31(37-24)29(30(20)36-22)33(40)41-32(28)39/h11-13,34-35,38,40H,8-10H2,1-7H3. The Morgan fingerprint density at radius 3 is 2.29 bits per heavy atom. The fourth-order valence-corrected chi connectivity index (χ4v) is 6.33. The molecule has 8 heteroatoms. The zero-order chi connectivity index (χ0) is 29.3. The summed E-state index contributed by atoms with van der Waals surface area (Å²) >= 11 is 0. The molecule has 0 unspecified atom stereocenters. The van der Waals surface area contributed by atoms with Crippen LogP contribution in [0.5, 0.6) is 5.95 Å². The predicted molar refractivity (Wildman–Crippen MR) is 165 cm³/mol. The van der Waals surface area contributed by atoms with Crippen molar-refractivity contribution in [2.75, 3.05) is 0 Å². The van der Waals surface area contributed by atoms with Crippen LogP contribution in [0.15, 0.2) is 27.4 Å². The second kappa shape index (κ2) is 9.51. The number of aryl methyl sites for hydroxylation is 4. The number of aliphatic hydroxyl groups excluding tert-OH is 1. The van der Waals surface area contributed by atoms with Crippen molar-refractivity contribution < 1.29 is 14.6 Å². The van der Waals surface area contributed by atoms with Crippen molar-refractivity contribution in [2.45, 2.75) is 67.7 Å². The van der Waals surface area contributed by atoms with Gasteiger partial charge in [0.05, 0.1) is 39.1 Å². The van der Waals surface area contributed by atoms with Crippen LogP contribution in [0.3, 0.4) is 0 Å². The molecule has 8 nitrogen and oxygen atoms in total. The molecule has 0 radical (unpaired) electrons. The number of hydrogen-bond donors (Lipinski definition) is 4. The zero-order valence-electron chi connectivity index (χ0n) is 24.5. The van der Waals surface area contributed by atoms with Gasteiger partial charge in [0.2, 0.25) is 0 Å². The van der Waals surface area contributed by atoms with Crippen molar-refractivity contribution >= 4 is 60.8 Å². The lowest BCUT2D eigenvalue weighted by Crippen LogP contribution is -2.05. The maximum Gasteiger partial charge on any atom is 0.348 e. The van der Waals surface area contributed by atoms with E-state index in [1.54, 1.807) is 6.92 Å². The normalized spacial score (nSPS) is 13.6. The monoisotopic (exact) mass is 550 g/mol. The largest absolute Gasteiger partial charge is 0.512 e. The fourth-order valence-electron chi connectivity index (χ4n) is 6.33. The van der Waals surface area contributed by atoms with E-state index in [1.807, 2.05) is 39.0 Å². The molecule has 6 rings (SSSR count). The Bertz CT molecular complexity index is 2190. The first-order valence-electron chi connectivity index (χ1n) is 14.1. The van der Waals surface area contributed by atoms with E-state index in [9.17, 15) is 15.0 Å². The van der Waals surface area contributed by atoms with Gasteiger partial charge in [0.15, 0.2) is 0 Å². The molecule has 0 spiro atoms. The quantitative estimate of drug-likeness (QED) is 0.191. The summed E-state index contributed by atoms with van der Waals surface area (Å²) in [6.07, 6.45) is 2.38. The summed E-state index contributed by atoms with van der Waals surface area (Å²) in [6.45, 7) is 13.8. The van der Waals surface area contributed by atoms with Gasteiger partial charge in [0, 0.05) is 21.8 Å². The van der Waals surface area contributed by atoms with Crippen LogP contribution in [0.25, 0.3) is 60.8 Å². The van der Waals surface area contributed by atoms with Crippen molar-refractivity contribution in [3.63, 3.8) is 0 Å². The highest BCUT2D eigenvalue weighted by atomic mass is 16.5. The van der Waals surface area contributed by atoms with Gasteiger partial charge in [-0.05, 0) is 99.1 Å². The molecule has 0 aromatic carbocycles. The average Bonchev–Trinajstić information content (AvgIpc) is 3.59. The Balaban J connectivity index is 1.96. The van der Waals surface area contributed by atoms with Gasteiger partial charge in [-0.15, -0.1) is 0 Å². The summed E-state index contributed by atoms with van der Waals surface area (Å²) in [5.41, 5.74) is 10.9. The van der Waals surface area contributed by atoms with Crippen LogP contribution in [-0.2, 0) is 6.42 Å². The number of fused-ring (bicyclic) bond motifs is 8. The van der Waals surface area contributed by atoms with Crippen LogP contribution < -0.4 is 10.8 Å². The molecule has 8 bridgehead atoms.